The standard InChI is InChI=1S/C28H27ClN8O/c29-21-6-2-1-5-19(21)17-31-28-32-18-20-22(35-28)11-12-30-27(20)37-15-13-36(14-16-37)26(38)10-9-25-33-23-7-3-4-8-24(23)34-25/h1-8,11-12,18H,9-10,13-17H2,(H,33,34)(H,31,32,35). The third-order valence-corrected chi connectivity index (χ3v) is 7.20. The van der Waals surface area contributed by atoms with Crippen LogP contribution < -0.4 is 10.2 Å². The minimum Gasteiger partial charge on any atom is -0.352 e. The second-order valence-corrected chi connectivity index (χ2v) is 9.68. The number of anilines is 2. The number of hydrogen-bond donors (Lipinski definition) is 2. The maximum atomic E-state index is 12.9. The normalized spacial score (nSPS) is 13.8. The third-order valence-electron chi connectivity index (χ3n) is 6.83. The number of aryl methyl sites for hydroxylation is 1. The molecule has 1 saturated heterocycles. The quantitative estimate of drug-likeness (QED) is 0.323. The molecule has 192 valence electrons. The molecule has 1 amide bonds. The van der Waals surface area contributed by atoms with Crippen LogP contribution in [0, 0.1) is 0 Å². The Morgan fingerprint density at radius 3 is 2.61 bits per heavy atom. The highest BCUT2D eigenvalue weighted by atomic mass is 35.5. The summed E-state index contributed by atoms with van der Waals surface area (Å²) in [4.78, 5) is 38.7. The molecule has 38 heavy (non-hydrogen) atoms. The molecule has 3 aromatic heterocycles. The average Bonchev–Trinajstić information content (AvgIpc) is 3.38. The van der Waals surface area contributed by atoms with E-state index in [9.17, 15) is 4.79 Å². The van der Waals surface area contributed by atoms with Gasteiger partial charge in [0.15, 0.2) is 0 Å². The van der Waals surface area contributed by atoms with E-state index in [1.807, 2.05) is 65.7 Å². The Hall–Kier alpha value is -4.24. The molecule has 1 fully saturated rings. The van der Waals surface area contributed by atoms with Crippen molar-refractivity contribution in [3.8, 4) is 0 Å². The number of nitrogens with zero attached hydrogens (tertiary/aromatic N) is 6. The molecular formula is C28H27ClN8O. The predicted molar refractivity (Wildman–Crippen MR) is 149 cm³/mol. The van der Waals surface area contributed by atoms with E-state index in [-0.39, 0.29) is 5.91 Å². The van der Waals surface area contributed by atoms with E-state index in [2.05, 4.69) is 35.1 Å². The highest BCUT2D eigenvalue weighted by Gasteiger charge is 2.23. The lowest BCUT2D eigenvalue weighted by Gasteiger charge is -2.35. The number of rotatable bonds is 7. The van der Waals surface area contributed by atoms with Gasteiger partial charge in [0.1, 0.15) is 11.6 Å². The molecule has 5 aromatic rings. The zero-order chi connectivity index (χ0) is 25.9. The molecule has 0 radical (unpaired) electrons. The molecule has 0 bridgehead atoms. The summed E-state index contributed by atoms with van der Waals surface area (Å²) in [7, 11) is 0. The fraction of sp³-hybridized carbons (Fsp3) is 0.250. The number of nitrogens with one attached hydrogen (secondary N) is 2. The van der Waals surface area contributed by atoms with Gasteiger partial charge in [0.25, 0.3) is 0 Å². The number of aromatic amines is 1. The van der Waals surface area contributed by atoms with Gasteiger partial charge in [-0.15, -0.1) is 0 Å². The first-order chi connectivity index (χ1) is 18.6. The van der Waals surface area contributed by atoms with Crippen molar-refractivity contribution >= 4 is 51.2 Å². The summed E-state index contributed by atoms with van der Waals surface area (Å²) in [5.74, 6) is 2.37. The molecule has 4 heterocycles. The Bertz CT molecular complexity index is 1560. The van der Waals surface area contributed by atoms with E-state index < -0.39 is 0 Å². The molecule has 0 unspecified atom stereocenters. The van der Waals surface area contributed by atoms with Crippen molar-refractivity contribution in [2.45, 2.75) is 19.4 Å². The van der Waals surface area contributed by atoms with Crippen molar-refractivity contribution < 1.29 is 4.79 Å². The number of aromatic nitrogens is 5. The summed E-state index contributed by atoms with van der Waals surface area (Å²) in [5, 5.41) is 4.85. The van der Waals surface area contributed by atoms with Gasteiger partial charge in [-0.2, -0.15) is 0 Å². The van der Waals surface area contributed by atoms with Gasteiger partial charge in [-0.1, -0.05) is 41.9 Å². The summed E-state index contributed by atoms with van der Waals surface area (Å²) in [6.07, 6.45) is 4.62. The summed E-state index contributed by atoms with van der Waals surface area (Å²) in [6.45, 7) is 3.24. The first kappa shape index (κ1) is 24.1. The lowest BCUT2D eigenvalue weighted by atomic mass is 10.2. The van der Waals surface area contributed by atoms with Crippen molar-refractivity contribution in [3.63, 3.8) is 0 Å². The number of H-pyrrole nitrogens is 1. The second-order valence-electron chi connectivity index (χ2n) is 9.27. The Balaban J connectivity index is 1.07. The van der Waals surface area contributed by atoms with E-state index in [1.54, 1.807) is 6.20 Å². The van der Waals surface area contributed by atoms with Crippen LogP contribution in [0.15, 0.2) is 67.0 Å². The molecule has 0 atom stereocenters. The summed E-state index contributed by atoms with van der Waals surface area (Å²) < 4.78 is 0. The Kier molecular flexibility index (Phi) is 6.75. The predicted octanol–water partition coefficient (Wildman–Crippen LogP) is 4.45. The number of para-hydroxylation sites is 2. The molecule has 0 aliphatic carbocycles. The van der Waals surface area contributed by atoms with Gasteiger partial charge in [-0.05, 0) is 29.8 Å². The number of imidazole rings is 1. The molecule has 10 heteroatoms. The lowest BCUT2D eigenvalue weighted by Crippen LogP contribution is -2.49. The van der Waals surface area contributed by atoms with Crippen LogP contribution in [-0.4, -0.2) is 61.9 Å². The van der Waals surface area contributed by atoms with Gasteiger partial charge >= 0.3 is 0 Å². The largest absolute Gasteiger partial charge is 0.352 e. The maximum Gasteiger partial charge on any atom is 0.223 e. The van der Waals surface area contributed by atoms with E-state index >= 15 is 0 Å². The molecule has 6 rings (SSSR count). The van der Waals surface area contributed by atoms with E-state index in [0.29, 0.717) is 56.5 Å². The Morgan fingerprint density at radius 2 is 1.76 bits per heavy atom. The van der Waals surface area contributed by atoms with Gasteiger partial charge in [-0.3, -0.25) is 4.79 Å². The highest BCUT2D eigenvalue weighted by molar-refractivity contribution is 6.31. The van der Waals surface area contributed by atoms with Gasteiger partial charge in [0, 0.05) is 63.0 Å². The van der Waals surface area contributed by atoms with Crippen molar-refractivity contribution in [1.82, 2.24) is 29.8 Å². The number of hydrogen-bond acceptors (Lipinski definition) is 7. The monoisotopic (exact) mass is 526 g/mol. The van der Waals surface area contributed by atoms with Crippen LogP contribution >= 0.6 is 11.6 Å². The van der Waals surface area contributed by atoms with Crippen LogP contribution in [0.1, 0.15) is 17.8 Å². The zero-order valence-corrected chi connectivity index (χ0v) is 21.5. The van der Waals surface area contributed by atoms with Gasteiger partial charge in [-0.25, -0.2) is 19.9 Å². The topological polar surface area (TPSA) is 103 Å². The van der Waals surface area contributed by atoms with Crippen molar-refractivity contribution in [2.75, 3.05) is 36.4 Å². The smallest absolute Gasteiger partial charge is 0.223 e. The maximum absolute atomic E-state index is 12.9. The zero-order valence-electron chi connectivity index (χ0n) is 20.8. The van der Waals surface area contributed by atoms with Gasteiger partial charge in [0.2, 0.25) is 11.9 Å². The first-order valence-corrected chi connectivity index (χ1v) is 13.1. The summed E-state index contributed by atoms with van der Waals surface area (Å²) >= 11 is 6.26. The number of fused-ring (bicyclic) bond motifs is 2. The SMILES string of the molecule is O=C(CCc1nc2ccccc2[nH]1)N1CCN(c2nccc3nc(NCc4ccccc4Cl)ncc23)CC1. The number of carbonyl (C=O) groups is 1. The van der Waals surface area contributed by atoms with Gasteiger partial charge in [0.05, 0.1) is 21.9 Å². The van der Waals surface area contributed by atoms with Crippen molar-refractivity contribution in [2.24, 2.45) is 0 Å². The van der Waals surface area contributed by atoms with E-state index in [0.717, 1.165) is 39.1 Å². The first-order valence-electron chi connectivity index (χ1n) is 12.7. The third kappa shape index (κ3) is 5.10. The number of carbonyl (C=O) groups excluding carboxylic acids is 1. The minimum absolute atomic E-state index is 0.147. The number of pyridine rings is 1. The van der Waals surface area contributed by atoms with Crippen LogP contribution in [0.3, 0.4) is 0 Å². The summed E-state index contributed by atoms with van der Waals surface area (Å²) in [5.41, 5.74) is 3.73. The Labute approximate surface area is 224 Å². The Morgan fingerprint density at radius 1 is 0.947 bits per heavy atom. The van der Waals surface area contributed by atoms with E-state index in [1.165, 1.54) is 0 Å². The van der Waals surface area contributed by atoms with E-state index in [4.69, 9.17) is 11.6 Å². The number of halogens is 1. The molecule has 1 aliphatic rings. The van der Waals surface area contributed by atoms with Crippen molar-refractivity contribution in [1.29, 1.82) is 0 Å². The fourth-order valence-electron chi connectivity index (χ4n) is 4.77. The summed E-state index contributed by atoms with van der Waals surface area (Å²) in [6, 6.07) is 17.5. The van der Waals surface area contributed by atoms with Crippen LogP contribution in [0.5, 0.6) is 0 Å². The number of benzene rings is 2. The van der Waals surface area contributed by atoms with Gasteiger partial charge < -0.3 is 20.1 Å². The number of piperazine rings is 1. The minimum atomic E-state index is 0.147. The van der Waals surface area contributed by atoms with Crippen LogP contribution in [-0.2, 0) is 17.8 Å². The van der Waals surface area contributed by atoms with Crippen LogP contribution in [0.4, 0.5) is 11.8 Å². The lowest BCUT2D eigenvalue weighted by molar-refractivity contribution is -0.131. The molecule has 2 aromatic carbocycles. The molecule has 1 aliphatic heterocycles. The number of amides is 1. The highest BCUT2D eigenvalue weighted by Crippen LogP contribution is 2.25. The fourth-order valence-corrected chi connectivity index (χ4v) is 4.97. The van der Waals surface area contributed by atoms with Crippen LogP contribution in [0.25, 0.3) is 21.9 Å². The molecule has 0 saturated carbocycles. The molecule has 0 spiro atoms. The van der Waals surface area contributed by atoms with Crippen molar-refractivity contribution in [3.05, 3.63) is 83.4 Å². The average molecular weight is 527 g/mol. The van der Waals surface area contributed by atoms with Crippen LogP contribution in [0.2, 0.25) is 5.02 Å². The molecule has 2 N–H and O–H groups in total. The molecular weight excluding hydrogens is 500 g/mol. The molecule has 9 nitrogen and oxygen atoms in total. The second kappa shape index (κ2) is 10.6.